The monoisotopic (exact) mass is 317 g/mol. The normalized spacial score (nSPS) is 11.3. The van der Waals surface area contributed by atoms with Crippen LogP contribution in [0.25, 0.3) is 6.08 Å². The Balaban J connectivity index is 2.90. The molecule has 1 rings (SSSR count). The Morgan fingerprint density at radius 3 is 2.62 bits per heavy atom. The van der Waals surface area contributed by atoms with Gasteiger partial charge in [0.1, 0.15) is 5.82 Å². The van der Waals surface area contributed by atoms with Gasteiger partial charge in [0.25, 0.3) is 0 Å². The van der Waals surface area contributed by atoms with Gasteiger partial charge in [0, 0.05) is 11.6 Å². The molecule has 9 heteroatoms. The van der Waals surface area contributed by atoms with E-state index in [0.717, 1.165) is 25.3 Å². The van der Waals surface area contributed by atoms with Crippen LogP contribution in [-0.4, -0.2) is 38.3 Å². The van der Waals surface area contributed by atoms with E-state index < -0.39 is 33.5 Å². The van der Waals surface area contributed by atoms with E-state index in [1.54, 1.807) is 0 Å². The van der Waals surface area contributed by atoms with E-state index in [2.05, 4.69) is 4.74 Å². The number of aliphatic carboxylic acids is 1. The number of nitrogens with one attached hydrogen (secondary N) is 1. The number of carbonyl (C=O) groups is 2. The van der Waals surface area contributed by atoms with Crippen molar-refractivity contribution in [2.75, 3.05) is 17.6 Å². The summed E-state index contributed by atoms with van der Waals surface area (Å²) in [7, 11) is -2.96. The van der Waals surface area contributed by atoms with Gasteiger partial charge in [-0.25, -0.2) is 17.6 Å². The Morgan fingerprint density at radius 1 is 1.43 bits per heavy atom. The Kier molecular flexibility index (Phi) is 5.42. The SMILES string of the molecule is COC(=O)CS(=O)(=O)Nc1ccc(C=CC(=O)O)c(F)c1. The van der Waals surface area contributed by atoms with Crippen molar-refractivity contribution in [1.29, 1.82) is 0 Å². The van der Waals surface area contributed by atoms with Crippen LogP contribution in [0.3, 0.4) is 0 Å². The highest BCUT2D eigenvalue weighted by Crippen LogP contribution is 2.17. The van der Waals surface area contributed by atoms with Gasteiger partial charge in [-0.2, -0.15) is 0 Å². The number of ether oxygens (including phenoxy) is 1. The summed E-state index contributed by atoms with van der Waals surface area (Å²) in [6.45, 7) is 0. The van der Waals surface area contributed by atoms with Crippen molar-refractivity contribution in [3.8, 4) is 0 Å². The summed E-state index contributed by atoms with van der Waals surface area (Å²) in [6.07, 6.45) is 1.78. The summed E-state index contributed by atoms with van der Waals surface area (Å²) in [6, 6.07) is 3.31. The lowest BCUT2D eigenvalue weighted by molar-refractivity contribution is -0.137. The van der Waals surface area contributed by atoms with E-state index in [0.29, 0.717) is 0 Å². The maximum Gasteiger partial charge on any atom is 0.328 e. The quantitative estimate of drug-likeness (QED) is 0.594. The Morgan fingerprint density at radius 2 is 2.10 bits per heavy atom. The third-order valence-corrected chi connectivity index (χ3v) is 3.38. The zero-order valence-corrected chi connectivity index (χ0v) is 11.7. The van der Waals surface area contributed by atoms with Crippen LogP contribution in [0, 0.1) is 5.82 Å². The van der Waals surface area contributed by atoms with E-state index in [1.165, 1.54) is 12.1 Å². The minimum Gasteiger partial charge on any atom is -0.478 e. The number of hydrogen-bond donors (Lipinski definition) is 2. The van der Waals surface area contributed by atoms with E-state index in [1.807, 2.05) is 4.72 Å². The van der Waals surface area contributed by atoms with Crippen molar-refractivity contribution in [1.82, 2.24) is 0 Å². The first-order chi connectivity index (χ1) is 9.73. The second kappa shape index (κ2) is 6.84. The highest BCUT2D eigenvalue weighted by molar-refractivity contribution is 7.93. The molecule has 0 atom stereocenters. The fourth-order valence-electron chi connectivity index (χ4n) is 1.32. The number of benzene rings is 1. The summed E-state index contributed by atoms with van der Waals surface area (Å²) in [5.74, 6) is -3.90. The van der Waals surface area contributed by atoms with Crippen molar-refractivity contribution < 1.29 is 32.2 Å². The highest BCUT2D eigenvalue weighted by Gasteiger charge is 2.17. The molecule has 0 aliphatic rings. The molecule has 0 amide bonds. The van der Waals surface area contributed by atoms with Crippen molar-refractivity contribution in [2.45, 2.75) is 0 Å². The molecule has 0 aliphatic heterocycles. The number of anilines is 1. The summed E-state index contributed by atoms with van der Waals surface area (Å²) >= 11 is 0. The molecule has 0 unspecified atom stereocenters. The number of methoxy groups -OCH3 is 1. The van der Waals surface area contributed by atoms with Crippen molar-refractivity contribution in [3.05, 3.63) is 35.7 Å². The van der Waals surface area contributed by atoms with Crippen LogP contribution in [0.2, 0.25) is 0 Å². The lowest BCUT2D eigenvalue weighted by Crippen LogP contribution is -2.23. The molecule has 0 radical (unpaired) electrons. The van der Waals surface area contributed by atoms with Crippen LogP contribution in [0.15, 0.2) is 24.3 Å². The molecule has 1 aromatic carbocycles. The third kappa shape index (κ3) is 5.61. The number of carboxylic acid groups (broad SMARTS) is 1. The smallest absolute Gasteiger partial charge is 0.328 e. The number of hydrogen-bond acceptors (Lipinski definition) is 5. The summed E-state index contributed by atoms with van der Waals surface area (Å²) in [5, 5.41) is 8.44. The molecule has 0 bridgehead atoms. The number of carbonyl (C=O) groups excluding carboxylic acids is 1. The van der Waals surface area contributed by atoms with Crippen LogP contribution in [-0.2, 0) is 24.3 Å². The minimum absolute atomic E-state index is 0.0201. The Hall–Kier alpha value is -2.42. The van der Waals surface area contributed by atoms with Crippen molar-refractivity contribution >= 4 is 33.7 Å². The predicted molar refractivity (Wildman–Crippen MR) is 72.5 cm³/mol. The molecule has 2 N–H and O–H groups in total. The molecule has 114 valence electrons. The van der Waals surface area contributed by atoms with Crippen molar-refractivity contribution in [3.63, 3.8) is 0 Å². The maximum atomic E-state index is 13.6. The van der Waals surface area contributed by atoms with Gasteiger partial charge >= 0.3 is 11.9 Å². The zero-order chi connectivity index (χ0) is 16.0. The minimum atomic E-state index is -4.00. The molecule has 0 aromatic heterocycles. The van der Waals surface area contributed by atoms with Crippen LogP contribution in [0.1, 0.15) is 5.56 Å². The number of sulfonamides is 1. The zero-order valence-electron chi connectivity index (χ0n) is 10.9. The predicted octanol–water partition coefficient (Wildman–Crippen LogP) is 0.838. The second-order valence-corrected chi connectivity index (χ2v) is 5.57. The van der Waals surface area contributed by atoms with Gasteiger partial charge in [-0.3, -0.25) is 9.52 Å². The molecule has 0 aliphatic carbocycles. The third-order valence-electron chi connectivity index (χ3n) is 2.21. The highest BCUT2D eigenvalue weighted by atomic mass is 32.2. The Bertz CT molecular complexity index is 683. The number of carboxylic acids is 1. The van der Waals surface area contributed by atoms with Crippen LogP contribution >= 0.6 is 0 Å². The number of halogens is 1. The van der Waals surface area contributed by atoms with E-state index >= 15 is 0 Å². The van der Waals surface area contributed by atoms with Gasteiger partial charge < -0.3 is 9.84 Å². The van der Waals surface area contributed by atoms with Gasteiger partial charge in [0.05, 0.1) is 12.8 Å². The largest absolute Gasteiger partial charge is 0.478 e. The molecule has 7 nitrogen and oxygen atoms in total. The molecule has 21 heavy (non-hydrogen) atoms. The van der Waals surface area contributed by atoms with Crippen LogP contribution < -0.4 is 4.72 Å². The molecule has 1 aromatic rings. The lowest BCUT2D eigenvalue weighted by atomic mass is 10.2. The summed E-state index contributed by atoms with van der Waals surface area (Å²) < 4.78 is 43.0. The molecular weight excluding hydrogens is 305 g/mol. The van der Waals surface area contributed by atoms with E-state index in [-0.39, 0.29) is 11.3 Å². The van der Waals surface area contributed by atoms with Gasteiger partial charge in [-0.05, 0) is 24.3 Å². The van der Waals surface area contributed by atoms with Gasteiger partial charge in [0.2, 0.25) is 10.0 Å². The molecule has 0 fully saturated rings. The first kappa shape index (κ1) is 16.6. The first-order valence-electron chi connectivity index (χ1n) is 5.51. The van der Waals surface area contributed by atoms with E-state index in [4.69, 9.17) is 5.11 Å². The fourth-order valence-corrected chi connectivity index (χ4v) is 2.30. The average molecular weight is 317 g/mol. The number of esters is 1. The average Bonchev–Trinajstić information content (AvgIpc) is 2.36. The fraction of sp³-hybridized carbons (Fsp3) is 0.167. The molecule has 0 spiro atoms. The molecule has 0 saturated heterocycles. The summed E-state index contributed by atoms with van der Waals surface area (Å²) in [5.41, 5.74) is -0.114. The van der Waals surface area contributed by atoms with E-state index in [9.17, 15) is 22.4 Å². The summed E-state index contributed by atoms with van der Waals surface area (Å²) in [4.78, 5) is 21.2. The van der Waals surface area contributed by atoms with Crippen LogP contribution in [0.5, 0.6) is 0 Å². The van der Waals surface area contributed by atoms with Gasteiger partial charge in [0.15, 0.2) is 5.75 Å². The second-order valence-electron chi connectivity index (χ2n) is 3.85. The standard InChI is InChI=1S/C12H12FNO6S/c1-20-12(17)7-21(18,19)14-9-4-2-8(10(13)6-9)3-5-11(15)16/h2-6,14H,7H2,1H3,(H,15,16). The number of rotatable bonds is 6. The van der Waals surface area contributed by atoms with Gasteiger partial charge in [-0.1, -0.05) is 0 Å². The van der Waals surface area contributed by atoms with Crippen molar-refractivity contribution in [2.24, 2.45) is 0 Å². The molecular formula is C12H12FNO6S. The Labute approximate surface area is 120 Å². The topological polar surface area (TPSA) is 110 Å². The van der Waals surface area contributed by atoms with Gasteiger partial charge in [-0.15, -0.1) is 0 Å². The molecule has 0 saturated carbocycles. The first-order valence-corrected chi connectivity index (χ1v) is 7.16. The van der Waals surface area contributed by atoms with Crippen LogP contribution in [0.4, 0.5) is 10.1 Å². The maximum absolute atomic E-state index is 13.6. The lowest BCUT2D eigenvalue weighted by Gasteiger charge is -2.08. The molecule has 0 heterocycles.